The molecule has 2 atom stereocenters. The standard InChI is InChI=1S/C18H21F3N4O2/c1-10-7-13-15(22-11(10)2)23-17(25-3-5-26-6-4-25)24-16(13)27-9-12-8-14(12)18(19,20)21/h7,12,14H,3-6,8-9H2,1-2H3. The van der Waals surface area contributed by atoms with Gasteiger partial charge in [-0.1, -0.05) is 0 Å². The Balaban J connectivity index is 1.63. The summed E-state index contributed by atoms with van der Waals surface area (Å²) in [6.45, 7) is 6.25. The monoisotopic (exact) mass is 382 g/mol. The van der Waals surface area contributed by atoms with Gasteiger partial charge >= 0.3 is 6.18 Å². The summed E-state index contributed by atoms with van der Waals surface area (Å²) in [5.41, 5.74) is 2.29. The van der Waals surface area contributed by atoms with Gasteiger partial charge in [0.25, 0.3) is 0 Å². The van der Waals surface area contributed by atoms with Gasteiger partial charge in [-0.25, -0.2) is 4.98 Å². The third kappa shape index (κ3) is 3.78. The van der Waals surface area contributed by atoms with Crippen molar-refractivity contribution in [2.75, 3.05) is 37.8 Å². The number of pyridine rings is 1. The molecule has 4 rings (SSSR count). The quantitative estimate of drug-likeness (QED) is 0.810. The number of aromatic nitrogens is 3. The SMILES string of the molecule is Cc1cc2c(OCC3CC3C(F)(F)F)nc(N3CCOCC3)nc2nc1C. The first-order valence-electron chi connectivity index (χ1n) is 9.01. The summed E-state index contributed by atoms with van der Waals surface area (Å²) in [6.07, 6.45) is -4.05. The molecule has 2 aromatic rings. The number of morpholine rings is 1. The van der Waals surface area contributed by atoms with Crippen LogP contribution in [0.15, 0.2) is 6.07 Å². The number of alkyl halides is 3. The van der Waals surface area contributed by atoms with Crippen molar-refractivity contribution >= 4 is 17.0 Å². The molecule has 2 aromatic heterocycles. The van der Waals surface area contributed by atoms with E-state index in [1.807, 2.05) is 24.8 Å². The summed E-state index contributed by atoms with van der Waals surface area (Å²) in [6, 6.07) is 1.88. The Bertz CT molecular complexity index is 853. The van der Waals surface area contributed by atoms with Crippen molar-refractivity contribution in [2.45, 2.75) is 26.4 Å². The van der Waals surface area contributed by atoms with E-state index in [9.17, 15) is 13.2 Å². The van der Waals surface area contributed by atoms with Gasteiger partial charge < -0.3 is 14.4 Å². The largest absolute Gasteiger partial charge is 0.477 e. The molecule has 2 fully saturated rings. The minimum Gasteiger partial charge on any atom is -0.477 e. The Hall–Kier alpha value is -2.16. The summed E-state index contributed by atoms with van der Waals surface area (Å²) in [4.78, 5) is 15.5. The molecule has 0 amide bonds. The van der Waals surface area contributed by atoms with E-state index in [2.05, 4.69) is 15.0 Å². The van der Waals surface area contributed by atoms with Crippen LogP contribution >= 0.6 is 0 Å². The average molecular weight is 382 g/mol. The van der Waals surface area contributed by atoms with E-state index in [1.165, 1.54) is 0 Å². The summed E-state index contributed by atoms with van der Waals surface area (Å²) < 4.78 is 49.4. The van der Waals surface area contributed by atoms with Crippen molar-refractivity contribution < 1.29 is 22.6 Å². The first kappa shape index (κ1) is 18.2. The topological polar surface area (TPSA) is 60.4 Å². The lowest BCUT2D eigenvalue weighted by Crippen LogP contribution is -2.37. The second-order valence-electron chi connectivity index (χ2n) is 7.14. The molecule has 0 aromatic carbocycles. The number of nitrogens with zero attached hydrogens (tertiary/aromatic N) is 4. The van der Waals surface area contributed by atoms with Crippen molar-refractivity contribution in [2.24, 2.45) is 11.8 Å². The molecule has 0 N–H and O–H groups in total. The van der Waals surface area contributed by atoms with Crippen LogP contribution in [0.25, 0.3) is 11.0 Å². The number of fused-ring (bicyclic) bond motifs is 1. The summed E-state index contributed by atoms with van der Waals surface area (Å²) >= 11 is 0. The van der Waals surface area contributed by atoms with E-state index in [0.717, 1.165) is 11.3 Å². The molecule has 146 valence electrons. The van der Waals surface area contributed by atoms with Crippen molar-refractivity contribution in [3.05, 3.63) is 17.3 Å². The van der Waals surface area contributed by atoms with Crippen LogP contribution in [0.3, 0.4) is 0 Å². The average Bonchev–Trinajstić information content (AvgIpc) is 3.42. The number of halogens is 3. The number of anilines is 1. The Labute approximate surface area is 154 Å². The Morgan fingerprint density at radius 1 is 1.19 bits per heavy atom. The molecule has 0 spiro atoms. The van der Waals surface area contributed by atoms with Gasteiger partial charge in [0.1, 0.15) is 0 Å². The lowest BCUT2D eigenvalue weighted by Gasteiger charge is -2.27. The van der Waals surface area contributed by atoms with Gasteiger partial charge in [-0.05, 0) is 31.9 Å². The van der Waals surface area contributed by atoms with Gasteiger partial charge in [0.15, 0.2) is 5.65 Å². The zero-order chi connectivity index (χ0) is 19.2. The van der Waals surface area contributed by atoms with Gasteiger partial charge in [-0.3, -0.25) is 0 Å². The molecule has 9 heteroatoms. The van der Waals surface area contributed by atoms with Crippen LogP contribution in [0, 0.1) is 25.7 Å². The highest BCUT2D eigenvalue weighted by molar-refractivity contribution is 5.82. The van der Waals surface area contributed by atoms with Crippen LogP contribution in [0.1, 0.15) is 17.7 Å². The van der Waals surface area contributed by atoms with Crippen molar-refractivity contribution in [3.8, 4) is 5.88 Å². The fourth-order valence-corrected chi connectivity index (χ4v) is 3.24. The fourth-order valence-electron chi connectivity index (χ4n) is 3.24. The van der Waals surface area contributed by atoms with Crippen LogP contribution < -0.4 is 9.64 Å². The predicted molar refractivity (Wildman–Crippen MR) is 93.0 cm³/mol. The third-order valence-electron chi connectivity index (χ3n) is 5.15. The second kappa shape index (κ2) is 6.78. The molecule has 1 saturated carbocycles. The summed E-state index contributed by atoms with van der Waals surface area (Å²) in [5, 5.41) is 0.624. The van der Waals surface area contributed by atoms with Gasteiger partial charge in [0, 0.05) is 24.7 Å². The molecule has 3 heterocycles. The van der Waals surface area contributed by atoms with Gasteiger partial charge in [-0.15, -0.1) is 0 Å². The number of hydrogen-bond donors (Lipinski definition) is 0. The molecule has 2 unspecified atom stereocenters. The van der Waals surface area contributed by atoms with Crippen LogP contribution in [0.4, 0.5) is 19.1 Å². The Morgan fingerprint density at radius 2 is 1.93 bits per heavy atom. The smallest absolute Gasteiger partial charge is 0.392 e. The molecule has 0 bridgehead atoms. The second-order valence-corrected chi connectivity index (χ2v) is 7.14. The zero-order valence-electron chi connectivity index (χ0n) is 15.2. The maximum atomic E-state index is 12.8. The van der Waals surface area contributed by atoms with E-state index < -0.39 is 18.0 Å². The molecule has 2 aliphatic rings. The normalized spacial score (nSPS) is 22.9. The minimum absolute atomic E-state index is 0.00817. The number of aryl methyl sites for hydroxylation is 2. The molecule has 1 aliphatic carbocycles. The summed E-state index contributed by atoms with van der Waals surface area (Å²) in [5.74, 6) is -1.02. The highest BCUT2D eigenvalue weighted by Crippen LogP contribution is 2.50. The molecule has 1 aliphatic heterocycles. The van der Waals surface area contributed by atoms with Crippen LogP contribution in [-0.2, 0) is 4.74 Å². The van der Waals surface area contributed by atoms with Crippen LogP contribution in [-0.4, -0.2) is 54.0 Å². The molecule has 0 radical (unpaired) electrons. The van der Waals surface area contributed by atoms with Crippen molar-refractivity contribution in [3.63, 3.8) is 0 Å². The number of rotatable bonds is 4. The number of hydrogen-bond acceptors (Lipinski definition) is 6. The molecule has 1 saturated heterocycles. The van der Waals surface area contributed by atoms with E-state index in [4.69, 9.17) is 9.47 Å². The van der Waals surface area contributed by atoms with E-state index in [1.54, 1.807) is 0 Å². The molecular formula is C18H21F3N4O2. The van der Waals surface area contributed by atoms with Crippen LogP contribution in [0.5, 0.6) is 5.88 Å². The van der Waals surface area contributed by atoms with Crippen molar-refractivity contribution in [1.29, 1.82) is 0 Å². The van der Waals surface area contributed by atoms with E-state index >= 15 is 0 Å². The molecular weight excluding hydrogens is 361 g/mol. The Morgan fingerprint density at radius 3 is 2.59 bits per heavy atom. The Kier molecular flexibility index (Phi) is 4.57. The number of ether oxygens (including phenoxy) is 2. The molecule has 6 nitrogen and oxygen atoms in total. The van der Waals surface area contributed by atoms with Gasteiger partial charge in [0.05, 0.1) is 31.1 Å². The van der Waals surface area contributed by atoms with Gasteiger partial charge in [-0.2, -0.15) is 23.1 Å². The van der Waals surface area contributed by atoms with E-state index in [-0.39, 0.29) is 13.0 Å². The minimum atomic E-state index is -4.16. The van der Waals surface area contributed by atoms with Crippen LogP contribution in [0.2, 0.25) is 0 Å². The lowest BCUT2D eigenvalue weighted by molar-refractivity contribution is -0.151. The lowest BCUT2D eigenvalue weighted by atomic mass is 10.2. The maximum absolute atomic E-state index is 12.8. The summed E-state index contributed by atoms with van der Waals surface area (Å²) in [7, 11) is 0. The highest BCUT2D eigenvalue weighted by Gasteiger charge is 2.55. The highest BCUT2D eigenvalue weighted by atomic mass is 19.4. The predicted octanol–water partition coefficient (Wildman–Crippen LogP) is 3.06. The first-order valence-corrected chi connectivity index (χ1v) is 9.01. The van der Waals surface area contributed by atoms with Gasteiger partial charge in [0.2, 0.25) is 11.8 Å². The third-order valence-corrected chi connectivity index (χ3v) is 5.15. The fraction of sp³-hybridized carbons (Fsp3) is 0.611. The molecule has 27 heavy (non-hydrogen) atoms. The maximum Gasteiger partial charge on any atom is 0.392 e. The first-order chi connectivity index (χ1) is 12.8. The van der Waals surface area contributed by atoms with Crippen molar-refractivity contribution in [1.82, 2.24) is 15.0 Å². The zero-order valence-corrected chi connectivity index (χ0v) is 15.2. The van der Waals surface area contributed by atoms with E-state index in [0.29, 0.717) is 49.2 Å².